The van der Waals surface area contributed by atoms with Gasteiger partial charge in [-0.2, -0.15) is 0 Å². The van der Waals surface area contributed by atoms with E-state index in [1.807, 2.05) is 4.90 Å². The standard InChI is InChI=1S/C23H25FN4O5/c1-16(29)25-13-19-14-28(23(31)33-19)18-3-4-21(20(24)12-18)26-7-9-27(10-8-26)22(30)5-2-17-6-11-32-15-17/h2-6,11-12,15,19H,7-10,13-14H2,1H3,(H,25,29)/t19-/m0/s1. The third kappa shape index (κ3) is 5.33. The topological polar surface area (TPSA) is 95.3 Å². The number of benzene rings is 1. The van der Waals surface area contributed by atoms with Crippen LogP contribution in [0.3, 0.4) is 0 Å². The smallest absolute Gasteiger partial charge is 0.414 e. The molecule has 33 heavy (non-hydrogen) atoms. The lowest BCUT2D eigenvalue weighted by atomic mass is 10.2. The van der Waals surface area contributed by atoms with E-state index in [0.717, 1.165) is 5.56 Å². The van der Waals surface area contributed by atoms with E-state index in [9.17, 15) is 18.8 Å². The van der Waals surface area contributed by atoms with Crippen molar-refractivity contribution >= 4 is 35.4 Å². The Morgan fingerprint density at radius 1 is 1.21 bits per heavy atom. The summed E-state index contributed by atoms with van der Waals surface area (Å²) >= 11 is 0. The SMILES string of the molecule is CC(=O)NC[C@H]1CN(c2ccc(N3CCN(C(=O)C=Cc4ccoc4)CC3)c(F)c2)C(=O)O1. The molecule has 2 fully saturated rings. The minimum atomic E-state index is -0.576. The number of rotatable bonds is 6. The average molecular weight is 456 g/mol. The van der Waals surface area contributed by atoms with Gasteiger partial charge in [0.05, 0.1) is 37.0 Å². The van der Waals surface area contributed by atoms with E-state index < -0.39 is 18.0 Å². The molecule has 0 unspecified atom stereocenters. The predicted molar refractivity (Wildman–Crippen MR) is 119 cm³/mol. The van der Waals surface area contributed by atoms with Gasteiger partial charge in [-0.15, -0.1) is 0 Å². The number of carbonyl (C=O) groups excluding carboxylic acids is 3. The van der Waals surface area contributed by atoms with Crippen LogP contribution < -0.4 is 15.1 Å². The Morgan fingerprint density at radius 3 is 2.67 bits per heavy atom. The van der Waals surface area contributed by atoms with Crippen molar-refractivity contribution in [1.82, 2.24) is 10.2 Å². The maximum atomic E-state index is 14.9. The molecule has 0 radical (unpaired) electrons. The normalized spacial score (nSPS) is 18.7. The number of nitrogens with zero attached hydrogens (tertiary/aromatic N) is 3. The molecule has 3 heterocycles. The zero-order valence-electron chi connectivity index (χ0n) is 18.2. The number of amides is 3. The summed E-state index contributed by atoms with van der Waals surface area (Å²) in [5, 5.41) is 2.61. The van der Waals surface area contributed by atoms with Crippen molar-refractivity contribution in [2.45, 2.75) is 13.0 Å². The summed E-state index contributed by atoms with van der Waals surface area (Å²) in [6, 6.07) is 6.38. The molecule has 2 aliphatic heterocycles. The first-order valence-electron chi connectivity index (χ1n) is 10.7. The van der Waals surface area contributed by atoms with Gasteiger partial charge in [0.2, 0.25) is 11.8 Å². The van der Waals surface area contributed by atoms with E-state index in [2.05, 4.69) is 5.32 Å². The minimum absolute atomic E-state index is 0.104. The lowest BCUT2D eigenvalue weighted by Gasteiger charge is -2.36. The third-order valence-electron chi connectivity index (χ3n) is 5.59. The summed E-state index contributed by atoms with van der Waals surface area (Å²) in [5.41, 5.74) is 1.62. The van der Waals surface area contributed by atoms with Crippen molar-refractivity contribution < 1.29 is 27.9 Å². The fraction of sp³-hybridized carbons (Fsp3) is 0.348. The highest BCUT2D eigenvalue weighted by Crippen LogP contribution is 2.28. The zero-order chi connectivity index (χ0) is 23.4. The second-order valence-corrected chi connectivity index (χ2v) is 7.89. The fourth-order valence-corrected chi connectivity index (χ4v) is 3.83. The van der Waals surface area contributed by atoms with Gasteiger partial charge in [-0.3, -0.25) is 14.5 Å². The first-order valence-corrected chi connectivity index (χ1v) is 10.7. The number of halogens is 1. The van der Waals surface area contributed by atoms with Crippen LogP contribution in [0.1, 0.15) is 12.5 Å². The van der Waals surface area contributed by atoms with E-state index in [4.69, 9.17) is 9.15 Å². The van der Waals surface area contributed by atoms with Gasteiger partial charge >= 0.3 is 6.09 Å². The summed E-state index contributed by atoms with van der Waals surface area (Å²) in [6.45, 7) is 3.75. The van der Waals surface area contributed by atoms with Crippen molar-refractivity contribution in [2.75, 3.05) is 49.1 Å². The molecule has 1 aromatic carbocycles. The number of carbonyl (C=O) groups is 3. The van der Waals surface area contributed by atoms with Crippen LogP contribution in [0.4, 0.5) is 20.6 Å². The van der Waals surface area contributed by atoms with Gasteiger partial charge in [0.1, 0.15) is 11.9 Å². The minimum Gasteiger partial charge on any atom is -0.472 e. The van der Waals surface area contributed by atoms with Crippen LogP contribution in [-0.4, -0.2) is 68.2 Å². The van der Waals surface area contributed by atoms with Gasteiger partial charge in [0.25, 0.3) is 0 Å². The molecule has 2 aliphatic rings. The predicted octanol–water partition coefficient (Wildman–Crippen LogP) is 2.24. The van der Waals surface area contributed by atoms with Crippen molar-refractivity contribution in [3.63, 3.8) is 0 Å². The molecular formula is C23H25FN4O5. The van der Waals surface area contributed by atoms with Gasteiger partial charge < -0.3 is 24.3 Å². The summed E-state index contributed by atoms with van der Waals surface area (Å²) in [5.74, 6) is -0.769. The van der Waals surface area contributed by atoms with Crippen LogP contribution >= 0.6 is 0 Å². The Bertz CT molecular complexity index is 1050. The molecule has 3 amide bonds. The lowest BCUT2D eigenvalue weighted by Crippen LogP contribution is -2.48. The van der Waals surface area contributed by atoms with E-state index in [0.29, 0.717) is 37.6 Å². The van der Waals surface area contributed by atoms with Crippen LogP contribution in [0, 0.1) is 5.82 Å². The van der Waals surface area contributed by atoms with Gasteiger partial charge in [-0.25, -0.2) is 9.18 Å². The second kappa shape index (κ2) is 9.76. The van der Waals surface area contributed by atoms with Crippen LogP contribution in [0.15, 0.2) is 47.3 Å². The summed E-state index contributed by atoms with van der Waals surface area (Å²) in [7, 11) is 0. The summed E-state index contributed by atoms with van der Waals surface area (Å²) in [4.78, 5) is 40.5. The first-order chi connectivity index (χ1) is 15.9. The fourth-order valence-electron chi connectivity index (χ4n) is 3.83. The van der Waals surface area contributed by atoms with Crippen LogP contribution in [-0.2, 0) is 14.3 Å². The molecule has 174 valence electrons. The lowest BCUT2D eigenvalue weighted by molar-refractivity contribution is -0.126. The van der Waals surface area contributed by atoms with Crippen molar-refractivity contribution in [1.29, 1.82) is 0 Å². The Kier molecular flexibility index (Phi) is 6.62. The molecule has 1 N–H and O–H groups in total. The molecule has 10 heteroatoms. The van der Waals surface area contributed by atoms with E-state index in [1.54, 1.807) is 41.7 Å². The number of cyclic esters (lactones) is 1. The van der Waals surface area contributed by atoms with E-state index in [1.165, 1.54) is 24.0 Å². The maximum Gasteiger partial charge on any atom is 0.414 e. The number of nitrogens with one attached hydrogen (secondary N) is 1. The van der Waals surface area contributed by atoms with Gasteiger partial charge in [-0.05, 0) is 30.3 Å². The molecular weight excluding hydrogens is 431 g/mol. The number of anilines is 2. The van der Waals surface area contributed by atoms with Crippen LogP contribution in [0.25, 0.3) is 6.08 Å². The molecule has 0 saturated carbocycles. The number of ether oxygens (including phenoxy) is 1. The monoisotopic (exact) mass is 456 g/mol. The van der Waals surface area contributed by atoms with E-state index in [-0.39, 0.29) is 24.9 Å². The Hall–Kier alpha value is -3.82. The van der Waals surface area contributed by atoms with E-state index >= 15 is 0 Å². The first kappa shape index (κ1) is 22.4. The third-order valence-corrected chi connectivity index (χ3v) is 5.59. The molecule has 0 bridgehead atoms. The van der Waals surface area contributed by atoms with Crippen molar-refractivity contribution in [2.24, 2.45) is 0 Å². The molecule has 0 spiro atoms. The average Bonchev–Trinajstić information content (AvgIpc) is 3.45. The molecule has 1 atom stereocenters. The molecule has 0 aliphatic carbocycles. The second-order valence-electron chi connectivity index (χ2n) is 7.89. The van der Waals surface area contributed by atoms with Gasteiger partial charge in [0.15, 0.2) is 0 Å². The van der Waals surface area contributed by atoms with Gasteiger partial charge in [-0.1, -0.05) is 0 Å². The Morgan fingerprint density at radius 2 is 2.00 bits per heavy atom. The number of hydrogen-bond donors (Lipinski definition) is 1. The Balaban J connectivity index is 1.34. The molecule has 4 rings (SSSR count). The Labute approximate surface area is 190 Å². The highest BCUT2D eigenvalue weighted by molar-refractivity contribution is 5.92. The van der Waals surface area contributed by atoms with Crippen molar-refractivity contribution in [3.8, 4) is 0 Å². The van der Waals surface area contributed by atoms with Crippen LogP contribution in [0.5, 0.6) is 0 Å². The highest BCUT2D eigenvalue weighted by atomic mass is 19.1. The van der Waals surface area contributed by atoms with Gasteiger partial charge in [0, 0.05) is 44.7 Å². The zero-order valence-corrected chi connectivity index (χ0v) is 18.2. The largest absolute Gasteiger partial charge is 0.472 e. The summed E-state index contributed by atoms with van der Waals surface area (Å²) < 4.78 is 25.1. The quantitative estimate of drug-likeness (QED) is 0.670. The maximum absolute atomic E-state index is 14.9. The molecule has 1 aromatic heterocycles. The molecule has 2 saturated heterocycles. The number of hydrogen-bond acceptors (Lipinski definition) is 6. The summed E-state index contributed by atoms with van der Waals surface area (Å²) in [6.07, 6.45) is 5.23. The highest BCUT2D eigenvalue weighted by Gasteiger charge is 2.33. The van der Waals surface area contributed by atoms with Crippen molar-refractivity contribution in [3.05, 3.63) is 54.2 Å². The number of piperazine rings is 1. The van der Waals surface area contributed by atoms with Crippen LogP contribution in [0.2, 0.25) is 0 Å². The molecule has 9 nitrogen and oxygen atoms in total. The number of furan rings is 1. The molecule has 2 aromatic rings.